The number of hydrogen-bond donors (Lipinski definition) is 0. The quantitative estimate of drug-likeness (QED) is 0.705. The number of hydrogen-bond acceptors (Lipinski definition) is 2. The van der Waals surface area contributed by atoms with E-state index < -0.39 is 5.82 Å². The smallest absolute Gasteiger partial charge is 0.257 e. The third-order valence-electron chi connectivity index (χ3n) is 5.13. The number of fused-ring (bicyclic) bond motifs is 1. The van der Waals surface area contributed by atoms with Crippen molar-refractivity contribution in [3.63, 3.8) is 0 Å². The summed E-state index contributed by atoms with van der Waals surface area (Å²) < 4.78 is 16.4. The van der Waals surface area contributed by atoms with Gasteiger partial charge in [0.25, 0.3) is 5.91 Å². The number of rotatable bonds is 3. The second-order valence-corrected chi connectivity index (χ2v) is 6.99. The summed E-state index contributed by atoms with van der Waals surface area (Å²) in [5.41, 5.74) is 3.28. The Balaban J connectivity index is 1.77. The van der Waals surface area contributed by atoms with Crippen molar-refractivity contribution in [3.05, 3.63) is 89.5 Å². The van der Waals surface area contributed by atoms with Crippen molar-refractivity contribution in [2.24, 2.45) is 0 Å². The molecule has 0 aliphatic carbocycles. The van der Waals surface area contributed by atoms with Gasteiger partial charge in [0.1, 0.15) is 5.82 Å². The predicted molar refractivity (Wildman–Crippen MR) is 104 cm³/mol. The van der Waals surface area contributed by atoms with E-state index in [4.69, 9.17) is 0 Å². The topological polar surface area (TPSA) is 28.5 Å². The van der Waals surface area contributed by atoms with Crippen LogP contribution in [0, 0.1) is 5.82 Å². The van der Waals surface area contributed by atoms with Crippen LogP contribution in [0.5, 0.6) is 0 Å². The lowest BCUT2D eigenvalue weighted by atomic mass is 9.98. The van der Waals surface area contributed by atoms with E-state index in [0.717, 1.165) is 16.9 Å². The summed E-state index contributed by atoms with van der Waals surface area (Å²) >= 11 is 0. The summed E-state index contributed by atoms with van der Waals surface area (Å²) in [6, 6.07) is 18.2. The van der Waals surface area contributed by atoms with Gasteiger partial charge in [-0.05, 0) is 42.0 Å². The molecule has 0 radical (unpaired) electrons. The van der Waals surface area contributed by atoms with Gasteiger partial charge < -0.3 is 14.4 Å². The molecule has 2 aromatic carbocycles. The van der Waals surface area contributed by atoms with Crippen LogP contribution in [0.4, 0.5) is 10.1 Å². The van der Waals surface area contributed by atoms with Gasteiger partial charge in [-0.3, -0.25) is 4.79 Å². The fourth-order valence-electron chi connectivity index (χ4n) is 3.70. The van der Waals surface area contributed by atoms with Crippen LogP contribution in [0.15, 0.2) is 66.9 Å². The molecule has 1 aliphatic rings. The van der Waals surface area contributed by atoms with Gasteiger partial charge in [0.2, 0.25) is 0 Å². The number of nitrogens with zero attached hydrogens (tertiary/aromatic N) is 3. The Bertz CT molecular complexity index is 962. The van der Waals surface area contributed by atoms with Gasteiger partial charge in [-0.25, -0.2) is 4.39 Å². The summed E-state index contributed by atoms with van der Waals surface area (Å²) in [7, 11) is 3.99. The molecule has 1 atom stereocenters. The Labute approximate surface area is 158 Å². The Hall–Kier alpha value is -3.08. The monoisotopic (exact) mass is 363 g/mol. The van der Waals surface area contributed by atoms with Crippen LogP contribution in [0.1, 0.15) is 27.7 Å². The zero-order chi connectivity index (χ0) is 19.0. The van der Waals surface area contributed by atoms with Crippen molar-refractivity contribution in [3.8, 4) is 0 Å². The molecule has 4 rings (SSSR count). The van der Waals surface area contributed by atoms with Gasteiger partial charge >= 0.3 is 0 Å². The minimum Gasteiger partial charge on any atom is -0.378 e. The van der Waals surface area contributed by atoms with E-state index in [2.05, 4.69) is 4.57 Å². The van der Waals surface area contributed by atoms with Crippen molar-refractivity contribution in [2.75, 3.05) is 25.5 Å². The highest BCUT2D eigenvalue weighted by atomic mass is 19.1. The van der Waals surface area contributed by atoms with E-state index >= 15 is 0 Å². The number of halogens is 1. The second-order valence-electron chi connectivity index (χ2n) is 6.99. The molecular formula is C22H22FN3O. The predicted octanol–water partition coefficient (Wildman–Crippen LogP) is 3.94. The zero-order valence-electron chi connectivity index (χ0n) is 15.5. The molecule has 0 N–H and O–H groups in total. The molecule has 1 amide bonds. The Morgan fingerprint density at radius 1 is 1.00 bits per heavy atom. The molecule has 0 saturated heterocycles. The Kier molecular flexibility index (Phi) is 4.44. The molecule has 0 fully saturated rings. The highest BCUT2D eigenvalue weighted by Gasteiger charge is 2.33. The van der Waals surface area contributed by atoms with E-state index in [0.29, 0.717) is 13.1 Å². The van der Waals surface area contributed by atoms with Crippen LogP contribution >= 0.6 is 0 Å². The van der Waals surface area contributed by atoms with Crippen molar-refractivity contribution >= 4 is 11.6 Å². The number of carbonyl (C=O) groups is 1. The molecule has 1 aromatic heterocycles. The highest BCUT2D eigenvalue weighted by molar-refractivity contribution is 5.95. The average molecular weight is 363 g/mol. The molecule has 0 bridgehead atoms. The number of carbonyl (C=O) groups excluding carboxylic acids is 1. The number of benzene rings is 2. The lowest BCUT2D eigenvalue weighted by Gasteiger charge is -2.37. The molecule has 27 heavy (non-hydrogen) atoms. The lowest BCUT2D eigenvalue weighted by molar-refractivity contribution is 0.0659. The second kappa shape index (κ2) is 6.91. The van der Waals surface area contributed by atoms with Crippen molar-refractivity contribution in [1.29, 1.82) is 0 Å². The van der Waals surface area contributed by atoms with Gasteiger partial charge in [0.05, 0.1) is 11.6 Å². The van der Waals surface area contributed by atoms with Crippen LogP contribution in [-0.2, 0) is 6.54 Å². The molecular weight excluding hydrogens is 341 g/mol. The third-order valence-corrected chi connectivity index (χ3v) is 5.13. The van der Waals surface area contributed by atoms with Gasteiger partial charge in [-0.1, -0.05) is 24.3 Å². The highest BCUT2D eigenvalue weighted by Crippen LogP contribution is 2.34. The first-order valence-electron chi connectivity index (χ1n) is 9.04. The molecule has 0 saturated carbocycles. The van der Waals surface area contributed by atoms with Crippen LogP contribution < -0.4 is 4.90 Å². The normalized spacial score (nSPS) is 16.1. The largest absolute Gasteiger partial charge is 0.378 e. The third kappa shape index (κ3) is 3.10. The standard InChI is InChI=1S/C22H22FN3O/c1-24(2)17-11-9-16(10-12-17)21-20-8-5-13-25(20)14-15-26(21)22(27)18-6-3-4-7-19(18)23/h3-13,21H,14-15H2,1-2H3/t21-/m1/s1. The first-order chi connectivity index (χ1) is 13.1. The van der Waals surface area contributed by atoms with E-state index in [1.165, 1.54) is 6.07 Å². The minimum absolute atomic E-state index is 0.118. The van der Waals surface area contributed by atoms with Crippen LogP contribution in [0.25, 0.3) is 0 Å². The van der Waals surface area contributed by atoms with Crippen molar-refractivity contribution in [1.82, 2.24) is 9.47 Å². The van der Waals surface area contributed by atoms with Gasteiger partial charge in [0.15, 0.2) is 0 Å². The summed E-state index contributed by atoms with van der Waals surface area (Å²) in [5.74, 6) is -0.757. The molecule has 138 valence electrons. The van der Waals surface area contributed by atoms with E-state index in [1.807, 2.05) is 61.6 Å². The van der Waals surface area contributed by atoms with Gasteiger partial charge in [0, 0.05) is 44.8 Å². The van der Waals surface area contributed by atoms with Gasteiger partial charge in [-0.2, -0.15) is 0 Å². The molecule has 0 spiro atoms. The maximum Gasteiger partial charge on any atom is 0.257 e. The van der Waals surface area contributed by atoms with Crippen molar-refractivity contribution < 1.29 is 9.18 Å². The summed E-state index contributed by atoms with van der Waals surface area (Å²) in [5, 5.41) is 0. The average Bonchev–Trinajstić information content (AvgIpc) is 3.16. The summed E-state index contributed by atoms with van der Waals surface area (Å²) in [4.78, 5) is 17.0. The minimum atomic E-state index is -0.481. The van der Waals surface area contributed by atoms with Crippen LogP contribution in [0.2, 0.25) is 0 Å². The first kappa shape index (κ1) is 17.3. The van der Waals surface area contributed by atoms with E-state index in [-0.39, 0.29) is 17.5 Å². The molecule has 1 aliphatic heterocycles. The molecule has 2 heterocycles. The fraction of sp³-hybridized carbons (Fsp3) is 0.227. The fourth-order valence-corrected chi connectivity index (χ4v) is 3.70. The number of anilines is 1. The summed E-state index contributed by atoms with van der Waals surface area (Å²) in [6.45, 7) is 1.24. The van der Waals surface area contributed by atoms with Crippen molar-refractivity contribution in [2.45, 2.75) is 12.6 Å². The lowest BCUT2D eigenvalue weighted by Crippen LogP contribution is -2.42. The number of aromatic nitrogens is 1. The zero-order valence-corrected chi connectivity index (χ0v) is 15.5. The molecule has 4 nitrogen and oxygen atoms in total. The maximum atomic E-state index is 14.2. The first-order valence-corrected chi connectivity index (χ1v) is 9.04. The Morgan fingerprint density at radius 3 is 2.44 bits per heavy atom. The Morgan fingerprint density at radius 2 is 1.74 bits per heavy atom. The SMILES string of the molecule is CN(C)c1ccc([C@@H]2c3cccn3CCN2C(=O)c2ccccc2F)cc1. The maximum absolute atomic E-state index is 14.2. The van der Waals surface area contributed by atoms with E-state index in [9.17, 15) is 9.18 Å². The molecule has 5 heteroatoms. The number of amides is 1. The summed E-state index contributed by atoms with van der Waals surface area (Å²) in [6.07, 6.45) is 2.03. The van der Waals surface area contributed by atoms with Gasteiger partial charge in [-0.15, -0.1) is 0 Å². The van der Waals surface area contributed by atoms with Crippen LogP contribution in [0.3, 0.4) is 0 Å². The van der Waals surface area contributed by atoms with Crippen LogP contribution in [-0.4, -0.2) is 36.0 Å². The van der Waals surface area contributed by atoms with E-state index in [1.54, 1.807) is 23.1 Å². The molecule has 0 unspecified atom stereocenters. The molecule has 3 aromatic rings.